The van der Waals surface area contributed by atoms with Gasteiger partial charge in [0.25, 0.3) is 5.91 Å². The number of carbonyl (C=O) groups is 2. The lowest BCUT2D eigenvalue weighted by molar-refractivity contribution is -0.115. The summed E-state index contributed by atoms with van der Waals surface area (Å²) >= 11 is 0. The van der Waals surface area contributed by atoms with Crippen molar-refractivity contribution in [1.29, 1.82) is 0 Å². The van der Waals surface area contributed by atoms with Crippen LogP contribution in [0.5, 0.6) is 0 Å². The molecule has 0 saturated carbocycles. The van der Waals surface area contributed by atoms with E-state index in [4.69, 9.17) is 0 Å². The van der Waals surface area contributed by atoms with E-state index in [0.717, 1.165) is 24.2 Å². The average Bonchev–Trinajstić information content (AvgIpc) is 2.97. The van der Waals surface area contributed by atoms with Crippen LogP contribution in [0.25, 0.3) is 0 Å². The zero-order valence-corrected chi connectivity index (χ0v) is 12.3. The van der Waals surface area contributed by atoms with E-state index in [2.05, 4.69) is 26.1 Å². The third-order valence-electron chi connectivity index (χ3n) is 3.54. The Balaban J connectivity index is 1.56. The van der Waals surface area contributed by atoms with Gasteiger partial charge in [-0.25, -0.2) is 4.39 Å². The summed E-state index contributed by atoms with van der Waals surface area (Å²) < 4.78 is 13.0. The molecule has 0 radical (unpaired) electrons. The van der Waals surface area contributed by atoms with Gasteiger partial charge >= 0.3 is 0 Å². The molecule has 0 bridgehead atoms. The van der Waals surface area contributed by atoms with Gasteiger partial charge in [-0.1, -0.05) is 6.07 Å². The van der Waals surface area contributed by atoms with Gasteiger partial charge in [0.05, 0.1) is 6.54 Å². The number of aromatic nitrogens is 2. The maximum absolute atomic E-state index is 13.0. The molecule has 7 nitrogen and oxygen atoms in total. The van der Waals surface area contributed by atoms with E-state index < -0.39 is 17.6 Å². The molecule has 120 valence electrons. The van der Waals surface area contributed by atoms with Crippen molar-refractivity contribution < 1.29 is 14.0 Å². The highest BCUT2D eigenvalue weighted by molar-refractivity contribution is 5.99. The number of rotatable bonds is 4. The number of halogens is 1. The summed E-state index contributed by atoms with van der Waals surface area (Å²) in [5.74, 6) is -1.30. The monoisotopic (exact) mass is 317 g/mol. The summed E-state index contributed by atoms with van der Waals surface area (Å²) in [4.78, 5) is 23.9. The van der Waals surface area contributed by atoms with Crippen molar-refractivity contribution in [1.82, 2.24) is 20.8 Å². The maximum atomic E-state index is 13.0. The lowest BCUT2D eigenvalue weighted by Crippen LogP contribution is -2.34. The van der Waals surface area contributed by atoms with E-state index in [9.17, 15) is 14.0 Å². The van der Waals surface area contributed by atoms with Crippen LogP contribution in [0.4, 0.5) is 10.1 Å². The smallest absolute Gasteiger partial charge is 0.272 e. The number of nitrogens with one attached hydrogen (secondary N) is 4. The zero-order valence-electron chi connectivity index (χ0n) is 12.3. The number of anilines is 1. The zero-order chi connectivity index (χ0) is 16.2. The molecule has 2 aromatic rings. The number of nitrogens with zero attached hydrogens (tertiary/aromatic N) is 1. The summed E-state index contributed by atoms with van der Waals surface area (Å²) in [5, 5.41) is 15.1. The van der Waals surface area contributed by atoms with Crippen LogP contribution in [0.3, 0.4) is 0 Å². The van der Waals surface area contributed by atoms with Crippen LogP contribution in [-0.4, -0.2) is 35.1 Å². The fourth-order valence-electron chi connectivity index (χ4n) is 2.43. The highest BCUT2D eigenvalue weighted by Crippen LogP contribution is 2.15. The van der Waals surface area contributed by atoms with Gasteiger partial charge in [0, 0.05) is 36.5 Å². The van der Waals surface area contributed by atoms with Gasteiger partial charge in [0.2, 0.25) is 5.91 Å². The number of hydrogen-bond acceptors (Lipinski definition) is 4. The lowest BCUT2D eigenvalue weighted by Gasteiger charge is -2.12. The average molecular weight is 317 g/mol. The van der Waals surface area contributed by atoms with E-state index in [1.165, 1.54) is 18.2 Å². The van der Waals surface area contributed by atoms with Crippen molar-refractivity contribution in [2.24, 2.45) is 0 Å². The Hall–Kier alpha value is -2.74. The first kappa shape index (κ1) is 15.2. The number of amides is 2. The minimum absolute atomic E-state index is 0.218. The molecule has 3 rings (SSSR count). The van der Waals surface area contributed by atoms with Crippen molar-refractivity contribution in [3.05, 3.63) is 47.0 Å². The molecule has 2 amide bonds. The quantitative estimate of drug-likeness (QED) is 0.662. The fourth-order valence-corrected chi connectivity index (χ4v) is 2.43. The molecule has 0 unspecified atom stereocenters. The Kier molecular flexibility index (Phi) is 4.33. The molecule has 1 aliphatic heterocycles. The number of fused-ring (bicyclic) bond motifs is 1. The fraction of sp³-hybridized carbons (Fsp3) is 0.267. The molecule has 2 heterocycles. The highest BCUT2D eigenvalue weighted by Gasteiger charge is 2.21. The van der Waals surface area contributed by atoms with Crippen LogP contribution in [0.1, 0.15) is 21.7 Å². The third-order valence-corrected chi connectivity index (χ3v) is 3.54. The van der Waals surface area contributed by atoms with Gasteiger partial charge in [-0.15, -0.1) is 0 Å². The van der Waals surface area contributed by atoms with Crippen LogP contribution < -0.4 is 16.0 Å². The van der Waals surface area contributed by atoms with Gasteiger partial charge in [-0.3, -0.25) is 14.7 Å². The topological polar surface area (TPSA) is 98.9 Å². The van der Waals surface area contributed by atoms with E-state index >= 15 is 0 Å². The Morgan fingerprint density at radius 2 is 2.22 bits per heavy atom. The third kappa shape index (κ3) is 3.54. The molecule has 23 heavy (non-hydrogen) atoms. The Morgan fingerprint density at radius 1 is 1.35 bits per heavy atom. The molecule has 0 aliphatic carbocycles. The Labute approximate surface area is 131 Å². The first-order chi connectivity index (χ1) is 11.1. The van der Waals surface area contributed by atoms with E-state index in [-0.39, 0.29) is 6.54 Å². The van der Waals surface area contributed by atoms with Crippen LogP contribution in [0.15, 0.2) is 24.3 Å². The number of hydrogen-bond donors (Lipinski definition) is 4. The van der Waals surface area contributed by atoms with Crippen molar-refractivity contribution in [3.8, 4) is 0 Å². The van der Waals surface area contributed by atoms with Gasteiger partial charge < -0.3 is 16.0 Å². The first-order valence-corrected chi connectivity index (χ1v) is 7.24. The van der Waals surface area contributed by atoms with Gasteiger partial charge in [0.15, 0.2) is 5.69 Å². The number of aromatic amines is 1. The van der Waals surface area contributed by atoms with E-state index in [1.807, 2.05) is 0 Å². The van der Waals surface area contributed by atoms with E-state index in [1.54, 1.807) is 6.07 Å². The molecule has 1 aromatic heterocycles. The van der Waals surface area contributed by atoms with Crippen molar-refractivity contribution in [3.63, 3.8) is 0 Å². The highest BCUT2D eigenvalue weighted by atomic mass is 19.1. The molecule has 0 fully saturated rings. The number of carbonyl (C=O) groups excluding carboxylic acids is 2. The molecular formula is C15H16FN5O2. The summed E-state index contributed by atoms with van der Waals surface area (Å²) in [6.45, 7) is 1.20. The maximum Gasteiger partial charge on any atom is 0.272 e. The molecule has 0 saturated heterocycles. The predicted molar refractivity (Wildman–Crippen MR) is 81.4 cm³/mol. The van der Waals surface area contributed by atoms with Crippen LogP contribution in [0.2, 0.25) is 0 Å². The standard InChI is InChI=1S/C15H16FN5O2/c16-9-2-1-3-10(6-9)19-13(22)8-18-15(23)14-11-7-17-5-4-12(11)20-21-14/h1-3,6,17H,4-5,7-8H2,(H,18,23)(H,19,22)(H,20,21). The second-order valence-corrected chi connectivity index (χ2v) is 5.20. The lowest BCUT2D eigenvalue weighted by atomic mass is 10.1. The second kappa shape index (κ2) is 6.57. The van der Waals surface area contributed by atoms with Crippen molar-refractivity contribution in [2.45, 2.75) is 13.0 Å². The Morgan fingerprint density at radius 3 is 3.04 bits per heavy atom. The SMILES string of the molecule is O=C(CNC(=O)c1n[nH]c2c1CNCC2)Nc1cccc(F)c1. The largest absolute Gasteiger partial charge is 0.342 e. The summed E-state index contributed by atoms with van der Waals surface area (Å²) in [5.41, 5.74) is 2.41. The number of benzene rings is 1. The summed E-state index contributed by atoms with van der Waals surface area (Å²) in [6, 6.07) is 5.55. The van der Waals surface area contributed by atoms with E-state index in [0.29, 0.717) is 17.9 Å². The van der Waals surface area contributed by atoms with Crippen LogP contribution in [0, 0.1) is 5.82 Å². The summed E-state index contributed by atoms with van der Waals surface area (Å²) in [7, 11) is 0. The minimum atomic E-state index is -0.442. The van der Waals surface area contributed by atoms with Crippen molar-refractivity contribution in [2.75, 3.05) is 18.4 Å². The summed E-state index contributed by atoms with van der Waals surface area (Å²) in [6.07, 6.45) is 0.787. The molecule has 0 spiro atoms. The van der Waals surface area contributed by atoms with Gasteiger partial charge in [-0.05, 0) is 18.2 Å². The molecule has 1 aromatic carbocycles. The number of H-pyrrole nitrogens is 1. The van der Waals surface area contributed by atoms with Gasteiger partial charge in [0.1, 0.15) is 5.82 Å². The molecule has 0 atom stereocenters. The molecule has 4 N–H and O–H groups in total. The minimum Gasteiger partial charge on any atom is -0.342 e. The molecule has 8 heteroatoms. The van der Waals surface area contributed by atoms with Crippen molar-refractivity contribution >= 4 is 17.5 Å². The van der Waals surface area contributed by atoms with Gasteiger partial charge in [-0.2, -0.15) is 5.10 Å². The first-order valence-electron chi connectivity index (χ1n) is 7.24. The van der Waals surface area contributed by atoms with Crippen LogP contribution in [-0.2, 0) is 17.8 Å². The predicted octanol–water partition coefficient (Wildman–Crippen LogP) is 0.563. The molecule has 1 aliphatic rings. The molecular weight excluding hydrogens is 301 g/mol. The normalized spacial score (nSPS) is 13.3. The van der Waals surface area contributed by atoms with Crippen LogP contribution >= 0.6 is 0 Å². The second-order valence-electron chi connectivity index (χ2n) is 5.20. The Bertz CT molecular complexity index is 743.